The van der Waals surface area contributed by atoms with Gasteiger partial charge >= 0.3 is 0 Å². The number of anilines is 1. The molecule has 0 amide bonds. The molecule has 11 heteroatoms. The van der Waals surface area contributed by atoms with Crippen molar-refractivity contribution in [2.24, 2.45) is 10.2 Å². The van der Waals surface area contributed by atoms with E-state index in [-0.39, 0.29) is 17.3 Å². The van der Waals surface area contributed by atoms with Gasteiger partial charge in [-0.3, -0.25) is 14.8 Å². The second-order valence-electron chi connectivity index (χ2n) is 7.40. The highest BCUT2D eigenvalue weighted by molar-refractivity contribution is 7.92. The van der Waals surface area contributed by atoms with Crippen LogP contribution in [0, 0.1) is 24.0 Å². The van der Waals surface area contributed by atoms with E-state index < -0.39 is 25.5 Å². The Bertz CT molecular complexity index is 1530. The monoisotopic (exact) mass is 465 g/mol. The maximum atomic E-state index is 13.2. The van der Waals surface area contributed by atoms with Crippen molar-refractivity contribution in [2.75, 3.05) is 4.72 Å². The average Bonchev–Trinajstić information content (AvgIpc) is 3.09. The Kier molecular flexibility index (Phi) is 5.56. The first-order valence-corrected chi connectivity index (χ1v) is 11.2. The van der Waals surface area contributed by atoms with Gasteiger partial charge in [-0.15, -0.1) is 10.2 Å². The van der Waals surface area contributed by atoms with Crippen LogP contribution in [0.1, 0.15) is 11.1 Å². The van der Waals surface area contributed by atoms with E-state index in [1.165, 1.54) is 6.07 Å². The van der Waals surface area contributed by atoms with Crippen molar-refractivity contribution < 1.29 is 18.4 Å². The Morgan fingerprint density at radius 1 is 1.03 bits per heavy atom. The molecule has 0 saturated carbocycles. The predicted molar refractivity (Wildman–Crippen MR) is 124 cm³/mol. The van der Waals surface area contributed by atoms with Crippen LogP contribution in [-0.2, 0) is 10.0 Å². The molecule has 0 aliphatic rings. The van der Waals surface area contributed by atoms with Crippen LogP contribution >= 0.6 is 0 Å². The lowest BCUT2D eigenvalue weighted by Gasteiger charge is -2.12. The summed E-state index contributed by atoms with van der Waals surface area (Å²) in [6.45, 7) is 3.63. The molecule has 0 saturated heterocycles. The first-order valence-electron chi connectivity index (χ1n) is 9.75. The van der Waals surface area contributed by atoms with E-state index in [2.05, 4.69) is 19.9 Å². The zero-order chi connectivity index (χ0) is 23.8. The highest BCUT2D eigenvalue weighted by atomic mass is 32.2. The summed E-state index contributed by atoms with van der Waals surface area (Å²) in [7, 11) is -4.26. The summed E-state index contributed by atoms with van der Waals surface area (Å²) >= 11 is 0. The van der Waals surface area contributed by atoms with Crippen LogP contribution in [0.3, 0.4) is 0 Å². The van der Waals surface area contributed by atoms with Crippen LogP contribution < -0.4 is 4.72 Å². The summed E-state index contributed by atoms with van der Waals surface area (Å²) in [6.07, 6.45) is 0. The number of rotatable bonds is 6. The van der Waals surface area contributed by atoms with Gasteiger partial charge in [-0.2, -0.15) is 0 Å². The molecule has 0 atom stereocenters. The third kappa shape index (κ3) is 4.39. The summed E-state index contributed by atoms with van der Waals surface area (Å²) in [6, 6.07) is 15.4. The summed E-state index contributed by atoms with van der Waals surface area (Å²) < 4.78 is 28.8. The van der Waals surface area contributed by atoms with Gasteiger partial charge in [0.15, 0.2) is 5.69 Å². The van der Waals surface area contributed by atoms with Crippen LogP contribution in [0.15, 0.2) is 75.8 Å². The molecule has 1 aromatic heterocycles. The molecular weight excluding hydrogens is 446 g/mol. The fourth-order valence-electron chi connectivity index (χ4n) is 3.36. The van der Waals surface area contributed by atoms with Crippen LogP contribution in [0.25, 0.3) is 10.9 Å². The molecule has 168 valence electrons. The van der Waals surface area contributed by atoms with Gasteiger partial charge in [0.25, 0.3) is 15.7 Å². The molecule has 4 rings (SSSR count). The Hall–Kier alpha value is -4.25. The topological polar surface area (TPSA) is 150 Å². The Morgan fingerprint density at radius 2 is 1.79 bits per heavy atom. The number of aromatic nitrogens is 1. The van der Waals surface area contributed by atoms with Crippen molar-refractivity contribution in [1.82, 2.24) is 4.98 Å². The quantitative estimate of drug-likeness (QED) is 0.192. The minimum Gasteiger partial charge on any atom is -0.493 e. The van der Waals surface area contributed by atoms with E-state index in [9.17, 15) is 23.6 Å². The van der Waals surface area contributed by atoms with E-state index in [0.717, 1.165) is 17.7 Å². The number of fused-ring (bicyclic) bond motifs is 1. The minimum atomic E-state index is -4.26. The van der Waals surface area contributed by atoms with E-state index in [1.54, 1.807) is 43.3 Å². The number of nitrogens with one attached hydrogen (secondary N) is 2. The summed E-state index contributed by atoms with van der Waals surface area (Å²) in [4.78, 5) is 12.9. The molecule has 0 radical (unpaired) electrons. The molecule has 3 N–H and O–H groups in total. The predicted octanol–water partition coefficient (Wildman–Crippen LogP) is 5.61. The summed E-state index contributed by atoms with van der Waals surface area (Å²) in [5.41, 5.74) is 2.19. The SMILES string of the molecule is Cc1ccc(NS(=O)(=O)c2cc([N+](=O)[O-])ccc2N=Nc2c(O)[nH]c3ccccc23)c(C)c1. The maximum absolute atomic E-state index is 13.2. The molecule has 0 bridgehead atoms. The van der Waals surface area contributed by atoms with Gasteiger partial charge in [0.2, 0.25) is 5.88 Å². The number of sulfonamides is 1. The highest BCUT2D eigenvalue weighted by Gasteiger charge is 2.24. The maximum Gasteiger partial charge on any atom is 0.270 e. The minimum absolute atomic E-state index is 0.120. The van der Waals surface area contributed by atoms with E-state index >= 15 is 0 Å². The van der Waals surface area contributed by atoms with Gasteiger partial charge in [0.1, 0.15) is 10.6 Å². The average molecular weight is 465 g/mol. The summed E-state index contributed by atoms with van der Waals surface area (Å²) in [5, 5.41) is 30.1. The van der Waals surface area contributed by atoms with Crippen molar-refractivity contribution in [2.45, 2.75) is 18.7 Å². The second kappa shape index (κ2) is 8.36. The number of hydrogen-bond donors (Lipinski definition) is 3. The largest absolute Gasteiger partial charge is 0.493 e. The number of nitrogens with zero attached hydrogens (tertiary/aromatic N) is 3. The van der Waals surface area contributed by atoms with Crippen molar-refractivity contribution in [1.29, 1.82) is 0 Å². The molecule has 0 spiro atoms. The van der Waals surface area contributed by atoms with Gasteiger partial charge in [-0.05, 0) is 37.6 Å². The fourth-order valence-corrected chi connectivity index (χ4v) is 4.65. The number of aryl methyl sites for hydroxylation is 2. The van der Waals surface area contributed by atoms with Gasteiger partial charge in [0.05, 0.1) is 16.1 Å². The molecule has 0 fully saturated rings. The van der Waals surface area contributed by atoms with Crippen molar-refractivity contribution >= 4 is 43.7 Å². The summed E-state index contributed by atoms with van der Waals surface area (Å²) in [5.74, 6) is -0.236. The number of aromatic hydroxyl groups is 1. The molecular formula is C22H19N5O5S. The number of para-hydroxylation sites is 1. The second-order valence-corrected chi connectivity index (χ2v) is 9.05. The van der Waals surface area contributed by atoms with Crippen LogP contribution in [0.2, 0.25) is 0 Å². The molecule has 4 aromatic rings. The first-order chi connectivity index (χ1) is 15.7. The van der Waals surface area contributed by atoms with Crippen LogP contribution in [0.5, 0.6) is 5.88 Å². The first kappa shape index (κ1) is 22.0. The van der Waals surface area contributed by atoms with Gasteiger partial charge in [-0.1, -0.05) is 35.9 Å². The molecule has 0 unspecified atom stereocenters. The molecule has 0 aliphatic heterocycles. The molecule has 1 heterocycles. The zero-order valence-electron chi connectivity index (χ0n) is 17.6. The van der Waals surface area contributed by atoms with Crippen molar-refractivity contribution in [3.8, 4) is 5.88 Å². The van der Waals surface area contributed by atoms with Crippen molar-refractivity contribution in [3.05, 3.63) is 81.9 Å². The number of H-pyrrole nitrogens is 1. The number of aromatic amines is 1. The van der Waals surface area contributed by atoms with Gasteiger partial charge < -0.3 is 10.1 Å². The number of azo groups is 1. The fraction of sp³-hybridized carbons (Fsp3) is 0.0909. The lowest BCUT2D eigenvalue weighted by molar-refractivity contribution is -0.385. The third-order valence-electron chi connectivity index (χ3n) is 4.99. The zero-order valence-corrected chi connectivity index (χ0v) is 18.4. The molecule has 3 aromatic carbocycles. The standard InChI is InChI=1S/C22H19N5O5S/c1-13-7-9-17(14(2)11-13)26-33(31,32)20-12-15(27(29)30)8-10-19(20)24-25-21-16-5-3-4-6-18(16)23-22(21)28/h3-12,23,26,28H,1-2H3. The number of hydrogen-bond acceptors (Lipinski definition) is 7. The molecule has 10 nitrogen and oxygen atoms in total. The number of nitro groups is 1. The van der Waals surface area contributed by atoms with E-state index in [0.29, 0.717) is 22.2 Å². The smallest absolute Gasteiger partial charge is 0.270 e. The highest BCUT2D eigenvalue weighted by Crippen LogP contribution is 2.38. The third-order valence-corrected chi connectivity index (χ3v) is 6.38. The molecule has 0 aliphatic carbocycles. The lowest BCUT2D eigenvalue weighted by Crippen LogP contribution is -2.14. The molecule has 33 heavy (non-hydrogen) atoms. The van der Waals surface area contributed by atoms with Crippen molar-refractivity contribution in [3.63, 3.8) is 0 Å². The van der Waals surface area contributed by atoms with E-state index in [4.69, 9.17) is 0 Å². The Labute approximate surface area is 188 Å². The normalized spacial score (nSPS) is 11.8. The number of nitro benzene ring substituents is 1. The van der Waals surface area contributed by atoms with Crippen LogP contribution in [0.4, 0.5) is 22.7 Å². The van der Waals surface area contributed by atoms with Crippen LogP contribution in [-0.4, -0.2) is 23.4 Å². The Morgan fingerprint density at radius 3 is 2.52 bits per heavy atom. The van der Waals surface area contributed by atoms with Gasteiger partial charge in [-0.25, -0.2) is 8.42 Å². The Balaban J connectivity index is 1.80. The van der Waals surface area contributed by atoms with Gasteiger partial charge in [0, 0.05) is 17.5 Å². The van der Waals surface area contributed by atoms with E-state index in [1.807, 2.05) is 13.0 Å². The number of non-ortho nitro benzene ring substituents is 1. The number of benzene rings is 3. The lowest BCUT2D eigenvalue weighted by atomic mass is 10.1.